The molecular formula is C23H24N2O3. The molecule has 0 radical (unpaired) electrons. The minimum absolute atomic E-state index is 0.264. The number of aromatic amines is 1. The number of nitrogens with one attached hydrogen (secondary N) is 2. The van der Waals surface area contributed by atoms with E-state index < -0.39 is 5.97 Å². The number of carbonyl (C=O) groups is 2. The van der Waals surface area contributed by atoms with Crippen LogP contribution in [0, 0.1) is 6.92 Å². The zero-order valence-corrected chi connectivity index (χ0v) is 16.3. The molecule has 0 saturated heterocycles. The zero-order valence-electron chi connectivity index (χ0n) is 16.3. The number of methoxy groups -OCH3 is 1. The molecule has 3 aromatic rings. The largest absolute Gasteiger partial charge is 0.465 e. The van der Waals surface area contributed by atoms with Crippen LogP contribution >= 0.6 is 0 Å². The maximum Gasteiger partial charge on any atom is 0.339 e. The van der Waals surface area contributed by atoms with Crippen molar-refractivity contribution in [1.29, 1.82) is 0 Å². The molecule has 2 aromatic carbocycles. The highest BCUT2D eigenvalue weighted by atomic mass is 16.5. The van der Waals surface area contributed by atoms with Crippen molar-refractivity contribution in [2.75, 3.05) is 7.11 Å². The van der Waals surface area contributed by atoms with Gasteiger partial charge in [-0.05, 0) is 30.0 Å². The number of aromatic nitrogens is 1. The van der Waals surface area contributed by atoms with Gasteiger partial charge in [0.15, 0.2) is 0 Å². The van der Waals surface area contributed by atoms with Gasteiger partial charge in [0.2, 0.25) is 0 Å². The van der Waals surface area contributed by atoms with Crippen LogP contribution in [0.3, 0.4) is 0 Å². The summed E-state index contributed by atoms with van der Waals surface area (Å²) in [4.78, 5) is 28.4. The average Bonchev–Trinajstić information content (AvgIpc) is 3.09. The number of benzene rings is 2. The van der Waals surface area contributed by atoms with E-state index in [0.29, 0.717) is 28.9 Å². The van der Waals surface area contributed by atoms with Crippen LogP contribution in [0.15, 0.2) is 60.7 Å². The van der Waals surface area contributed by atoms with Crippen molar-refractivity contribution < 1.29 is 14.3 Å². The second kappa shape index (κ2) is 8.57. The molecule has 1 amide bonds. The number of amides is 1. The van der Waals surface area contributed by atoms with E-state index in [0.717, 1.165) is 11.1 Å². The SMILES string of the molecule is CCc1[nH]c(C(=O)NC(c2ccccc2)c2ccccc2)c(C)c1C(=O)OC. The van der Waals surface area contributed by atoms with E-state index in [-0.39, 0.29) is 11.9 Å². The monoisotopic (exact) mass is 376 g/mol. The number of ether oxygens (including phenoxy) is 1. The second-order valence-electron chi connectivity index (χ2n) is 6.55. The Balaban J connectivity index is 1.97. The molecule has 0 aliphatic heterocycles. The van der Waals surface area contributed by atoms with Crippen LogP contribution in [-0.2, 0) is 11.2 Å². The van der Waals surface area contributed by atoms with Gasteiger partial charge in [-0.3, -0.25) is 4.79 Å². The third-order valence-electron chi connectivity index (χ3n) is 4.84. The molecule has 0 aliphatic rings. The minimum Gasteiger partial charge on any atom is -0.465 e. The van der Waals surface area contributed by atoms with Gasteiger partial charge in [0, 0.05) is 5.69 Å². The van der Waals surface area contributed by atoms with Crippen LogP contribution in [0.1, 0.15) is 56.2 Å². The molecule has 0 unspecified atom stereocenters. The summed E-state index contributed by atoms with van der Waals surface area (Å²) in [6, 6.07) is 19.3. The lowest BCUT2D eigenvalue weighted by Gasteiger charge is -2.20. The predicted molar refractivity (Wildman–Crippen MR) is 108 cm³/mol. The number of hydrogen-bond acceptors (Lipinski definition) is 3. The summed E-state index contributed by atoms with van der Waals surface area (Å²) in [5.41, 5.74) is 4.08. The normalized spacial score (nSPS) is 10.7. The Hall–Kier alpha value is -3.34. The topological polar surface area (TPSA) is 71.2 Å². The van der Waals surface area contributed by atoms with Crippen molar-refractivity contribution in [3.8, 4) is 0 Å². The van der Waals surface area contributed by atoms with Gasteiger partial charge in [-0.15, -0.1) is 0 Å². The fraction of sp³-hybridized carbons (Fsp3) is 0.217. The summed E-state index contributed by atoms with van der Waals surface area (Å²) in [5, 5.41) is 3.11. The highest BCUT2D eigenvalue weighted by Crippen LogP contribution is 2.24. The first-order chi connectivity index (χ1) is 13.6. The van der Waals surface area contributed by atoms with Crippen molar-refractivity contribution >= 4 is 11.9 Å². The van der Waals surface area contributed by atoms with Crippen molar-refractivity contribution in [3.63, 3.8) is 0 Å². The van der Waals surface area contributed by atoms with E-state index in [1.807, 2.05) is 67.6 Å². The summed E-state index contributed by atoms with van der Waals surface area (Å²) in [6.07, 6.45) is 0.597. The standard InChI is InChI=1S/C23H24N2O3/c1-4-18-19(23(27)28-3)15(2)20(24-18)22(26)25-21(16-11-7-5-8-12-16)17-13-9-6-10-14-17/h5-14,21,24H,4H2,1-3H3,(H,25,26). The first-order valence-corrected chi connectivity index (χ1v) is 9.27. The Morgan fingerprint density at radius 1 is 1.00 bits per heavy atom. The summed E-state index contributed by atoms with van der Waals surface area (Å²) in [7, 11) is 1.34. The summed E-state index contributed by atoms with van der Waals surface area (Å²) in [6.45, 7) is 3.69. The molecule has 5 heteroatoms. The van der Waals surface area contributed by atoms with E-state index in [1.165, 1.54) is 7.11 Å². The molecule has 0 bridgehead atoms. The fourth-order valence-electron chi connectivity index (χ4n) is 3.38. The number of H-pyrrole nitrogens is 1. The summed E-state index contributed by atoms with van der Waals surface area (Å²) < 4.78 is 4.88. The lowest BCUT2D eigenvalue weighted by Crippen LogP contribution is -2.30. The highest BCUT2D eigenvalue weighted by molar-refractivity contribution is 6.00. The Morgan fingerprint density at radius 2 is 1.54 bits per heavy atom. The van der Waals surface area contributed by atoms with E-state index in [1.54, 1.807) is 6.92 Å². The number of hydrogen-bond donors (Lipinski definition) is 2. The van der Waals surface area contributed by atoms with Crippen LogP contribution in [0.5, 0.6) is 0 Å². The molecule has 3 rings (SSSR count). The number of aryl methyl sites for hydroxylation is 1. The van der Waals surface area contributed by atoms with E-state index in [9.17, 15) is 9.59 Å². The Bertz CT molecular complexity index is 923. The van der Waals surface area contributed by atoms with Crippen molar-refractivity contribution in [1.82, 2.24) is 10.3 Å². The molecular weight excluding hydrogens is 352 g/mol. The van der Waals surface area contributed by atoms with E-state index in [2.05, 4.69) is 10.3 Å². The third-order valence-corrected chi connectivity index (χ3v) is 4.84. The van der Waals surface area contributed by atoms with Gasteiger partial charge in [0.05, 0.1) is 18.7 Å². The van der Waals surface area contributed by atoms with Gasteiger partial charge < -0.3 is 15.0 Å². The lowest BCUT2D eigenvalue weighted by molar-refractivity contribution is 0.0599. The first kappa shape index (κ1) is 19.4. The molecule has 0 fully saturated rings. The number of esters is 1. The minimum atomic E-state index is -0.438. The summed E-state index contributed by atoms with van der Waals surface area (Å²) >= 11 is 0. The van der Waals surface area contributed by atoms with Crippen LogP contribution in [0.25, 0.3) is 0 Å². The Labute approximate surface area is 164 Å². The quantitative estimate of drug-likeness (QED) is 0.634. The highest BCUT2D eigenvalue weighted by Gasteiger charge is 2.25. The molecule has 144 valence electrons. The van der Waals surface area contributed by atoms with Gasteiger partial charge in [0.1, 0.15) is 5.69 Å². The maximum absolute atomic E-state index is 13.1. The smallest absolute Gasteiger partial charge is 0.339 e. The van der Waals surface area contributed by atoms with Gasteiger partial charge in [-0.1, -0.05) is 67.6 Å². The number of carbonyl (C=O) groups excluding carboxylic acids is 2. The van der Waals surface area contributed by atoms with Gasteiger partial charge in [0.25, 0.3) is 5.91 Å². The molecule has 1 aromatic heterocycles. The van der Waals surface area contributed by atoms with Crippen LogP contribution < -0.4 is 5.32 Å². The lowest BCUT2D eigenvalue weighted by atomic mass is 9.98. The van der Waals surface area contributed by atoms with Crippen molar-refractivity contribution in [3.05, 3.63) is 94.3 Å². The van der Waals surface area contributed by atoms with Gasteiger partial charge in [-0.25, -0.2) is 4.79 Å². The second-order valence-corrected chi connectivity index (χ2v) is 6.55. The van der Waals surface area contributed by atoms with E-state index >= 15 is 0 Å². The fourth-order valence-corrected chi connectivity index (χ4v) is 3.38. The molecule has 0 atom stereocenters. The van der Waals surface area contributed by atoms with Gasteiger partial charge in [-0.2, -0.15) is 0 Å². The van der Waals surface area contributed by atoms with Crippen LogP contribution in [0.4, 0.5) is 0 Å². The zero-order chi connectivity index (χ0) is 20.1. The van der Waals surface area contributed by atoms with Crippen molar-refractivity contribution in [2.24, 2.45) is 0 Å². The Kier molecular flexibility index (Phi) is 5.94. The molecule has 5 nitrogen and oxygen atoms in total. The van der Waals surface area contributed by atoms with E-state index in [4.69, 9.17) is 4.74 Å². The summed E-state index contributed by atoms with van der Waals surface area (Å²) in [5.74, 6) is -0.702. The molecule has 1 heterocycles. The molecule has 0 aliphatic carbocycles. The molecule has 28 heavy (non-hydrogen) atoms. The molecule has 0 saturated carbocycles. The molecule has 2 N–H and O–H groups in total. The predicted octanol–water partition coefficient (Wildman–Crippen LogP) is 4.19. The van der Waals surface area contributed by atoms with Crippen molar-refractivity contribution in [2.45, 2.75) is 26.3 Å². The number of rotatable bonds is 6. The van der Waals surface area contributed by atoms with Crippen LogP contribution in [0.2, 0.25) is 0 Å². The maximum atomic E-state index is 13.1. The molecule has 0 spiro atoms. The average molecular weight is 376 g/mol. The van der Waals surface area contributed by atoms with Gasteiger partial charge >= 0.3 is 5.97 Å². The van der Waals surface area contributed by atoms with Crippen LogP contribution in [-0.4, -0.2) is 24.0 Å². The first-order valence-electron chi connectivity index (χ1n) is 9.27. The third kappa shape index (κ3) is 3.83. The Morgan fingerprint density at radius 3 is 2.00 bits per heavy atom.